The standard InChI is InChI=1S/C13H16N2O3/c1-18-11-5-3-10(4-6-11)13(17)15-8-2-7-14-12(16)9-15/h3-6H,2,7-9H2,1H3,(H,14,16). The van der Waals surface area contributed by atoms with E-state index in [1.54, 1.807) is 36.3 Å². The van der Waals surface area contributed by atoms with Gasteiger partial charge in [0.1, 0.15) is 5.75 Å². The van der Waals surface area contributed by atoms with Crippen LogP contribution in [0.2, 0.25) is 0 Å². The summed E-state index contributed by atoms with van der Waals surface area (Å²) in [6.07, 6.45) is 0.785. The zero-order valence-electron chi connectivity index (χ0n) is 10.3. The van der Waals surface area contributed by atoms with Crippen LogP contribution >= 0.6 is 0 Å². The first kappa shape index (κ1) is 12.4. The fraction of sp³-hybridized carbons (Fsp3) is 0.385. The zero-order chi connectivity index (χ0) is 13.0. The summed E-state index contributed by atoms with van der Waals surface area (Å²) < 4.78 is 5.04. The van der Waals surface area contributed by atoms with Crippen molar-refractivity contribution >= 4 is 11.8 Å². The SMILES string of the molecule is COc1ccc(C(=O)N2CCCNC(=O)C2)cc1. The van der Waals surface area contributed by atoms with Crippen molar-refractivity contribution in [3.8, 4) is 5.75 Å². The van der Waals surface area contributed by atoms with Gasteiger partial charge in [0.2, 0.25) is 5.91 Å². The maximum atomic E-state index is 12.2. The van der Waals surface area contributed by atoms with Crippen LogP contribution in [0.25, 0.3) is 0 Å². The Morgan fingerprint density at radius 2 is 2.06 bits per heavy atom. The summed E-state index contributed by atoms with van der Waals surface area (Å²) in [5.41, 5.74) is 0.575. The largest absolute Gasteiger partial charge is 0.497 e. The molecule has 1 fully saturated rings. The van der Waals surface area contributed by atoms with E-state index in [-0.39, 0.29) is 18.4 Å². The molecule has 1 saturated heterocycles. The molecule has 0 atom stereocenters. The molecule has 96 valence electrons. The molecule has 1 aliphatic heterocycles. The lowest BCUT2D eigenvalue weighted by Gasteiger charge is -2.19. The third-order valence-electron chi connectivity index (χ3n) is 2.89. The molecule has 5 heteroatoms. The number of amides is 2. The highest BCUT2D eigenvalue weighted by atomic mass is 16.5. The van der Waals surface area contributed by atoms with Crippen LogP contribution in [0.4, 0.5) is 0 Å². The molecule has 1 heterocycles. The maximum Gasteiger partial charge on any atom is 0.254 e. The Labute approximate surface area is 106 Å². The highest BCUT2D eigenvalue weighted by molar-refractivity contribution is 5.96. The number of hydrogen-bond donors (Lipinski definition) is 1. The summed E-state index contributed by atoms with van der Waals surface area (Å²) in [6.45, 7) is 1.36. The number of methoxy groups -OCH3 is 1. The van der Waals surface area contributed by atoms with Crippen LogP contribution < -0.4 is 10.1 Å². The van der Waals surface area contributed by atoms with Gasteiger partial charge in [-0.05, 0) is 30.7 Å². The molecule has 1 N–H and O–H groups in total. The number of ether oxygens (including phenoxy) is 1. The molecule has 0 aromatic heterocycles. The van der Waals surface area contributed by atoms with E-state index in [9.17, 15) is 9.59 Å². The molecule has 5 nitrogen and oxygen atoms in total. The number of benzene rings is 1. The summed E-state index contributed by atoms with van der Waals surface area (Å²) in [5.74, 6) is 0.490. The molecular formula is C13H16N2O3. The molecule has 0 spiro atoms. The Hall–Kier alpha value is -2.04. The van der Waals surface area contributed by atoms with Crippen molar-refractivity contribution in [3.63, 3.8) is 0 Å². The highest BCUT2D eigenvalue weighted by Gasteiger charge is 2.20. The minimum absolute atomic E-state index is 0.102. The third kappa shape index (κ3) is 2.80. The van der Waals surface area contributed by atoms with E-state index >= 15 is 0 Å². The Kier molecular flexibility index (Phi) is 3.82. The van der Waals surface area contributed by atoms with Gasteiger partial charge in [0.25, 0.3) is 5.91 Å². The lowest BCUT2D eigenvalue weighted by molar-refractivity contribution is -0.121. The Morgan fingerprint density at radius 1 is 1.33 bits per heavy atom. The molecule has 0 radical (unpaired) electrons. The average molecular weight is 248 g/mol. The second-order valence-corrected chi connectivity index (χ2v) is 4.16. The Balaban J connectivity index is 2.11. The molecule has 0 saturated carbocycles. The van der Waals surface area contributed by atoms with Crippen LogP contribution in [0.3, 0.4) is 0 Å². The van der Waals surface area contributed by atoms with Gasteiger partial charge in [-0.3, -0.25) is 9.59 Å². The number of rotatable bonds is 2. The molecule has 1 aromatic carbocycles. The van der Waals surface area contributed by atoms with Gasteiger partial charge in [0, 0.05) is 18.7 Å². The fourth-order valence-electron chi connectivity index (χ4n) is 1.90. The van der Waals surface area contributed by atoms with Crippen LogP contribution in [-0.2, 0) is 4.79 Å². The van der Waals surface area contributed by atoms with E-state index < -0.39 is 0 Å². The molecular weight excluding hydrogens is 232 g/mol. The molecule has 1 aromatic rings. The van der Waals surface area contributed by atoms with E-state index in [4.69, 9.17) is 4.74 Å². The summed E-state index contributed by atoms with van der Waals surface area (Å²) in [4.78, 5) is 25.2. The van der Waals surface area contributed by atoms with Gasteiger partial charge < -0.3 is 15.0 Å². The predicted octanol–water partition coefficient (Wildman–Crippen LogP) is 0.657. The number of carbonyl (C=O) groups excluding carboxylic acids is 2. The monoisotopic (exact) mass is 248 g/mol. The van der Waals surface area contributed by atoms with Crippen molar-refractivity contribution in [1.29, 1.82) is 0 Å². The minimum atomic E-state index is -0.116. The van der Waals surface area contributed by atoms with E-state index in [0.717, 1.165) is 6.42 Å². The van der Waals surface area contributed by atoms with E-state index in [1.807, 2.05) is 0 Å². The molecule has 2 rings (SSSR count). The summed E-state index contributed by atoms with van der Waals surface area (Å²) >= 11 is 0. The Morgan fingerprint density at radius 3 is 2.72 bits per heavy atom. The van der Waals surface area contributed by atoms with Gasteiger partial charge in [-0.1, -0.05) is 0 Å². The smallest absolute Gasteiger partial charge is 0.254 e. The van der Waals surface area contributed by atoms with Crippen LogP contribution in [0, 0.1) is 0 Å². The molecule has 2 amide bonds. The highest BCUT2D eigenvalue weighted by Crippen LogP contribution is 2.13. The summed E-state index contributed by atoms with van der Waals surface area (Å²) in [5, 5.41) is 2.75. The van der Waals surface area contributed by atoms with Crippen molar-refractivity contribution < 1.29 is 14.3 Å². The van der Waals surface area contributed by atoms with E-state index in [2.05, 4.69) is 5.32 Å². The van der Waals surface area contributed by atoms with Gasteiger partial charge in [-0.25, -0.2) is 0 Å². The predicted molar refractivity (Wildman–Crippen MR) is 66.5 cm³/mol. The quantitative estimate of drug-likeness (QED) is 0.836. The van der Waals surface area contributed by atoms with Gasteiger partial charge in [0.05, 0.1) is 13.7 Å². The van der Waals surface area contributed by atoms with Crippen LogP contribution in [-0.4, -0.2) is 43.5 Å². The second kappa shape index (κ2) is 5.53. The van der Waals surface area contributed by atoms with Crippen LogP contribution in [0.5, 0.6) is 5.75 Å². The number of nitrogens with zero attached hydrogens (tertiary/aromatic N) is 1. The molecule has 1 aliphatic rings. The van der Waals surface area contributed by atoms with Crippen LogP contribution in [0.15, 0.2) is 24.3 Å². The maximum absolute atomic E-state index is 12.2. The molecule has 0 aliphatic carbocycles. The molecule has 0 unspecified atom stereocenters. The zero-order valence-corrected chi connectivity index (χ0v) is 10.3. The summed E-state index contributed by atoms with van der Waals surface area (Å²) in [6, 6.07) is 6.91. The number of carbonyl (C=O) groups is 2. The fourth-order valence-corrected chi connectivity index (χ4v) is 1.90. The van der Waals surface area contributed by atoms with Crippen molar-refractivity contribution in [2.45, 2.75) is 6.42 Å². The van der Waals surface area contributed by atoms with E-state index in [1.165, 1.54) is 0 Å². The normalized spacial score (nSPS) is 15.8. The lowest BCUT2D eigenvalue weighted by Crippen LogP contribution is -2.37. The van der Waals surface area contributed by atoms with Gasteiger partial charge in [0.15, 0.2) is 0 Å². The van der Waals surface area contributed by atoms with E-state index in [0.29, 0.717) is 24.4 Å². The number of hydrogen-bond acceptors (Lipinski definition) is 3. The average Bonchev–Trinajstić information content (AvgIpc) is 2.63. The summed E-state index contributed by atoms with van der Waals surface area (Å²) in [7, 11) is 1.58. The van der Waals surface area contributed by atoms with Gasteiger partial charge >= 0.3 is 0 Å². The first-order chi connectivity index (χ1) is 8.70. The molecule has 18 heavy (non-hydrogen) atoms. The first-order valence-electron chi connectivity index (χ1n) is 5.91. The topological polar surface area (TPSA) is 58.6 Å². The first-order valence-corrected chi connectivity index (χ1v) is 5.91. The number of nitrogens with one attached hydrogen (secondary N) is 1. The van der Waals surface area contributed by atoms with Crippen molar-refractivity contribution in [1.82, 2.24) is 10.2 Å². The lowest BCUT2D eigenvalue weighted by atomic mass is 10.2. The van der Waals surface area contributed by atoms with Gasteiger partial charge in [-0.15, -0.1) is 0 Å². The minimum Gasteiger partial charge on any atom is -0.497 e. The van der Waals surface area contributed by atoms with Crippen molar-refractivity contribution in [3.05, 3.63) is 29.8 Å². The van der Waals surface area contributed by atoms with Gasteiger partial charge in [-0.2, -0.15) is 0 Å². The Bertz CT molecular complexity index is 442. The third-order valence-corrected chi connectivity index (χ3v) is 2.89. The second-order valence-electron chi connectivity index (χ2n) is 4.16. The van der Waals surface area contributed by atoms with Crippen LogP contribution in [0.1, 0.15) is 16.8 Å². The molecule has 0 bridgehead atoms. The van der Waals surface area contributed by atoms with Crippen molar-refractivity contribution in [2.24, 2.45) is 0 Å². The van der Waals surface area contributed by atoms with Crippen molar-refractivity contribution in [2.75, 3.05) is 26.7 Å².